The third-order valence-corrected chi connectivity index (χ3v) is 8.59. The van der Waals surface area contributed by atoms with Crippen LogP contribution in [-0.2, 0) is 27.7 Å². The molecule has 0 atom stereocenters. The minimum atomic E-state index is -3.63. The van der Waals surface area contributed by atoms with E-state index in [1.165, 1.54) is 4.68 Å². The highest BCUT2D eigenvalue weighted by molar-refractivity contribution is 7.92. The van der Waals surface area contributed by atoms with Crippen molar-refractivity contribution in [2.75, 3.05) is 42.2 Å². The summed E-state index contributed by atoms with van der Waals surface area (Å²) in [6.45, 7) is 5.40. The topological polar surface area (TPSA) is 147 Å². The second kappa shape index (κ2) is 12.1. The van der Waals surface area contributed by atoms with Crippen molar-refractivity contribution < 1.29 is 37.0 Å². The van der Waals surface area contributed by atoms with Crippen molar-refractivity contribution in [1.82, 2.24) is 9.78 Å². The number of amides is 1. The maximum absolute atomic E-state index is 13.6. The van der Waals surface area contributed by atoms with Crippen LogP contribution in [0.1, 0.15) is 29.8 Å². The van der Waals surface area contributed by atoms with Gasteiger partial charge in [-0.2, -0.15) is 4.68 Å². The molecule has 2 aliphatic rings. The van der Waals surface area contributed by atoms with Crippen molar-refractivity contribution in [1.29, 1.82) is 0 Å². The Morgan fingerprint density at radius 2 is 1.41 bits per heavy atom. The zero-order valence-electron chi connectivity index (χ0n) is 24.3. The number of carbonyl (C=O) groups is 2. The Kier molecular flexibility index (Phi) is 8.04. The highest BCUT2D eigenvalue weighted by Crippen LogP contribution is 2.33. The number of benzene rings is 3. The predicted molar refractivity (Wildman–Crippen MR) is 164 cm³/mol. The van der Waals surface area contributed by atoms with E-state index in [2.05, 4.69) is 15.1 Å². The molecule has 0 fully saturated rings. The molecule has 0 bridgehead atoms. The molecule has 2 N–H and O–H groups in total. The quantitative estimate of drug-likeness (QED) is 0.283. The van der Waals surface area contributed by atoms with Gasteiger partial charge in [0.1, 0.15) is 26.4 Å². The smallest absolute Gasteiger partial charge is 0.251 e. The van der Waals surface area contributed by atoms with E-state index in [9.17, 15) is 18.0 Å². The van der Waals surface area contributed by atoms with Gasteiger partial charge in [-0.25, -0.2) is 8.42 Å². The lowest BCUT2D eigenvalue weighted by Crippen LogP contribution is -2.20. The highest BCUT2D eigenvalue weighted by Gasteiger charge is 2.22. The molecule has 12 nitrogen and oxygen atoms in total. The Morgan fingerprint density at radius 3 is 2.02 bits per heavy atom. The van der Waals surface area contributed by atoms with E-state index in [1.807, 2.05) is 13.8 Å². The summed E-state index contributed by atoms with van der Waals surface area (Å²) in [6, 6.07) is 15.3. The van der Waals surface area contributed by atoms with Crippen LogP contribution in [0.15, 0.2) is 54.6 Å². The van der Waals surface area contributed by atoms with E-state index in [0.29, 0.717) is 71.5 Å². The van der Waals surface area contributed by atoms with E-state index < -0.39 is 10.0 Å². The maximum atomic E-state index is 13.6. The first kappa shape index (κ1) is 29.3. The molecule has 0 radical (unpaired) electrons. The summed E-state index contributed by atoms with van der Waals surface area (Å²) >= 11 is 0. The summed E-state index contributed by atoms with van der Waals surface area (Å²) in [7, 11) is -3.63. The molecule has 230 valence electrons. The fraction of sp³-hybridized carbons (Fsp3) is 0.323. The Labute approximate surface area is 254 Å². The Bertz CT molecular complexity index is 1850. The Balaban J connectivity index is 1.29. The van der Waals surface area contributed by atoms with Crippen LogP contribution < -0.4 is 29.0 Å². The fourth-order valence-electron chi connectivity index (χ4n) is 5.13. The number of ether oxygens (including phenoxy) is 4. The first-order chi connectivity index (χ1) is 21.1. The van der Waals surface area contributed by atoms with Gasteiger partial charge >= 0.3 is 0 Å². The third-order valence-electron chi connectivity index (χ3n) is 6.93. The van der Waals surface area contributed by atoms with Gasteiger partial charge in [0.15, 0.2) is 28.8 Å². The average molecular weight is 621 g/mol. The van der Waals surface area contributed by atoms with Crippen molar-refractivity contribution in [2.24, 2.45) is 5.92 Å². The molecular formula is C31H32N4O8S. The van der Waals surface area contributed by atoms with Gasteiger partial charge in [-0.05, 0) is 59.5 Å². The van der Waals surface area contributed by atoms with Gasteiger partial charge in [-0.3, -0.25) is 14.3 Å². The van der Waals surface area contributed by atoms with Gasteiger partial charge in [0, 0.05) is 5.39 Å². The van der Waals surface area contributed by atoms with Crippen LogP contribution in [0.2, 0.25) is 0 Å². The zero-order valence-corrected chi connectivity index (χ0v) is 25.1. The van der Waals surface area contributed by atoms with Crippen LogP contribution in [0.5, 0.6) is 23.0 Å². The minimum Gasteiger partial charge on any atom is -0.486 e. The van der Waals surface area contributed by atoms with Gasteiger partial charge in [0.05, 0.1) is 29.8 Å². The summed E-state index contributed by atoms with van der Waals surface area (Å²) < 4.78 is 51.5. The largest absolute Gasteiger partial charge is 0.486 e. The molecule has 2 aliphatic heterocycles. The molecule has 3 aromatic carbocycles. The second-order valence-electron chi connectivity index (χ2n) is 11.0. The van der Waals surface area contributed by atoms with Crippen LogP contribution in [0.4, 0.5) is 11.5 Å². The molecule has 44 heavy (non-hydrogen) atoms. The fourth-order valence-corrected chi connectivity index (χ4v) is 6.57. The van der Waals surface area contributed by atoms with Crippen LogP contribution >= 0.6 is 0 Å². The molecule has 13 heteroatoms. The third kappa shape index (κ3) is 6.57. The van der Waals surface area contributed by atoms with Crippen molar-refractivity contribution >= 4 is 44.2 Å². The van der Waals surface area contributed by atoms with Crippen LogP contribution in [-0.4, -0.2) is 62.2 Å². The molecule has 6 rings (SSSR count). The number of hydrogen-bond donors (Lipinski definition) is 2. The zero-order chi connectivity index (χ0) is 30.8. The molecule has 1 aromatic heterocycles. The number of aromatic nitrogens is 2. The molecule has 1 amide bonds. The molecule has 0 saturated carbocycles. The number of hydrogen-bond acceptors (Lipinski definition) is 9. The average Bonchev–Trinajstić information content (AvgIpc) is 3.33. The van der Waals surface area contributed by atoms with Gasteiger partial charge in [0.25, 0.3) is 5.91 Å². The van der Waals surface area contributed by atoms with Crippen LogP contribution in [0, 0.1) is 5.92 Å². The molecular weight excluding hydrogens is 588 g/mol. The van der Waals surface area contributed by atoms with Gasteiger partial charge in [-0.15, -0.1) is 5.10 Å². The Hall–Kier alpha value is -4.78. The summed E-state index contributed by atoms with van der Waals surface area (Å²) in [5, 5.41) is 7.76. The van der Waals surface area contributed by atoms with Gasteiger partial charge in [-0.1, -0.05) is 26.0 Å². The molecule has 0 aliphatic carbocycles. The van der Waals surface area contributed by atoms with Crippen molar-refractivity contribution in [2.45, 2.75) is 26.7 Å². The predicted octanol–water partition coefficient (Wildman–Crippen LogP) is 4.04. The lowest BCUT2D eigenvalue weighted by Gasteiger charge is -2.18. The minimum absolute atomic E-state index is 0.0265. The normalized spacial score (nSPS) is 14.0. The lowest BCUT2D eigenvalue weighted by atomic mass is 10.1. The number of nitrogens with zero attached hydrogens (tertiary/aromatic N) is 2. The molecule has 4 aromatic rings. The number of fused-ring (bicyclic) bond motifs is 3. The number of anilines is 2. The van der Waals surface area contributed by atoms with E-state index in [1.54, 1.807) is 54.6 Å². The van der Waals surface area contributed by atoms with E-state index in [4.69, 9.17) is 18.9 Å². The van der Waals surface area contributed by atoms with Crippen molar-refractivity contribution in [3.63, 3.8) is 0 Å². The maximum Gasteiger partial charge on any atom is 0.251 e. The molecule has 0 saturated heterocycles. The standard InChI is InChI=1S/C31H32N4O8S/c1-19(2)18-44(38,39)34-22-5-6-23-24(17-22)35(30(37)16-21-4-8-26-28(14-21)43-12-10-41-26)33-31(23)32-29(36)15-20-3-7-25-27(13-20)42-11-9-40-25/h3-8,13-14,17,19,34H,9-12,15-16,18H2,1-2H3,(H,32,33,36). The number of carbonyl (C=O) groups excluding carboxylic acids is 2. The summed E-state index contributed by atoms with van der Waals surface area (Å²) in [6.07, 6.45) is 0.00449. The van der Waals surface area contributed by atoms with Crippen molar-refractivity contribution in [3.05, 3.63) is 65.7 Å². The Morgan fingerprint density at radius 1 is 0.818 bits per heavy atom. The van der Waals surface area contributed by atoms with E-state index in [0.717, 1.165) is 0 Å². The number of nitrogens with one attached hydrogen (secondary N) is 2. The summed E-state index contributed by atoms with van der Waals surface area (Å²) in [5.74, 6) is 1.67. The molecule has 0 spiro atoms. The van der Waals surface area contributed by atoms with E-state index >= 15 is 0 Å². The highest BCUT2D eigenvalue weighted by atomic mass is 32.2. The summed E-state index contributed by atoms with van der Waals surface area (Å²) in [5.41, 5.74) is 2.01. The van der Waals surface area contributed by atoms with Gasteiger partial charge < -0.3 is 24.3 Å². The van der Waals surface area contributed by atoms with E-state index in [-0.39, 0.29) is 47.8 Å². The molecule has 3 heterocycles. The van der Waals surface area contributed by atoms with Crippen LogP contribution in [0.3, 0.4) is 0 Å². The van der Waals surface area contributed by atoms with Crippen LogP contribution in [0.25, 0.3) is 10.9 Å². The number of rotatable bonds is 9. The monoisotopic (exact) mass is 620 g/mol. The molecule has 0 unspecified atom stereocenters. The number of sulfonamides is 1. The summed E-state index contributed by atoms with van der Waals surface area (Å²) in [4.78, 5) is 26.7. The van der Waals surface area contributed by atoms with Gasteiger partial charge in [0.2, 0.25) is 15.9 Å². The first-order valence-corrected chi connectivity index (χ1v) is 15.9. The lowest BCUT2D eigenvalue weighted by molar-refractivity contribution is -0.115. The first-order valence-electron chi connectivity index (χ1n) is 14.3. The SMILES string of the molecule is CC(C)CS(=O)(=O)Nc1ccc2c(NC(=O)Cc3ccc4c(c3)OCCO4)nn(C(=O)Cc3ccc4c(c3)OCCO4)c2c1. The van der Waals surface area contributed by atoms with Crippen molar-refractivity contribution in [3.8, 4) is 23.0 Å². The second-order valence-corrected chi connectivity index (χ2v) is 12.8.